The number of aliphatic hydroxyl groups is 1. The number of aromatic nitrogens is 1. The Labute approximate surface area is 267 Å². The molecule has 46 heavy (non-hydrogen) atoms. The number of morpholine rings is 1. The second-order valence-electron chi connectivity index (χ2n) is 11.7. The predicted octanol–water partition coefficient (Wildman–Crippen LogP) is 3.21. The lowest BCUT2D eigenvalue weighted by Gasteiger charge is -2.28. The number of nitrogens with one attached hydrogen (secondary N) is 2. The maximum absolute atomic E-state index is 13.3. The van der Waals surface area contributed by atoms with Crippen molar-refractivity contribution in [1.82, 2.24) is 20.1 Å². The monoisotopic (exact) mass is 625 g/mol. The highest BCUT2D eigenvalue weighted by Gasteiger charge is 2.37. The molecule has 2 saturated heterocycles. The van der Waals surface area contributed by atoms with Gasteiger partial charge in [-0.05, 0) is 66.4 Å². The fourth-order valence-electron chi connectivity index (χ4n) is 6.16. The van der Waals surface area contributed by atoms with Crippen LogP contribution in [-0.2, 0) is 14.3 Å². The van der Waals surface area contributed by atoms with Crippen LogP contribution in [0.5, 0.6) is 5.75 Å². The van der Waals surface area contributed by atoms with Crippen LogP contribution in [0.4, 0.5) is 5.69 Å². The van der Waals surface area contributed by atoms with Crippen molar-refractivity contribution in [2.24, 2.45) is 0 Å². The second-order valence-corrected chi connectivity index (χ2v) is 11.7. The van der Waals surface area contributed by atoms with Gasteiger partial charge in [0.15, 0.2) is 6.10 Å². The van der Waals surface area contributed by atoms with Gasteiger partial charge in [-0.1, -0.05) is 30.3 Å². The van der Waals surface area contributed by atoms with Gasteiger partial charge in [0.2, 0.25) is 5.91 Å². The Morgan fingerprint density at radius 2 is 1.83 bits per heavy atom. The minimum absolute atomic E-state index is 0.268. The van der Waals surface area contributed by atoms with Crippen molar-refractivity contribution in [2.75, 3.05) is 57.9 Å². The Morgan fingerprint density at radius 3 is 2.67 bits per heavy atom. The smallest absolute Gasteiger partial charge is 0.255 e. The zero-order valence-electron chi connectivity index (χ0n) is 25.7. The first-order valence-corrected chi connectivity index (χ1v) is 15.8. The first kappa shape index (κ1) is 31.4. The molecule has 6 rings (SSSR count). The number of benzene rings is 3. The molecular weight excluding hydrogens is 586 g/mol. The van der Waals surface area contributed by atoms with Gasteiger partial charge in [0.1, 0.15) is 5.75 Å². The highest BCUT2D eigenvalue weighted by atomic mass is 16.5. The maximum Gasteiger partial charge on any atom is 0.255 e. The molecule has 4 aromatic rings. The summed E-state index contributed by atoms with van der Waals surface area (Å²) in [6, 6.07) is 19.7. The summed E-state index contributed by atoms with van der Waals surface area (Å²) in [7, 11) is 0. The molecule has 0 saturated carbocycles. The molecule has 240 valence electrons. The van der Waals surface area contributed by atoms with Gasteiger partial charge in [-0.15, -0.1) is 0 Å². The lowest BCUT2D eigenvalue weighted by atomic mass is 10.1. The van der Waals surface area contributed by atoms with E-state index in [1.165, 1.54) is 4.90 Å². The van der Waals surface area contributed by atoms with Gasteiger partial charge in [-0.2, -0.15) is 0 Å². The third kappa shape index (κ3) is 7.44. The molecule has 1 aromatic heterocycles. The second kappa shape index (κ2) is 14.7. The van der Waals surface area contributed by atoms with Crippen LogP contribution >= 0.6 is 0 Å². The minimum Gasteiger partial charge on any atom is -0.494 e. The number of carbonyl (C=O) groups excluding carboxylic acids is 3. The number of carbonyl (C=O) groups is 3. The van der Waals surface area contributed by atoms with E-state index in [0.717, 1.165) is 50.0 Å². The average Bonchev–Trinajstić information content (AvgIpc) is 3.59. The number of pyridine rings is 1. The maximum atomic E-state index is 13.3. The number of nitrogens with zero attached hydrogens (tertiary/aromatic N) is 3. The molecular formula is C35H39N5O6. The first-order valence-electron chi connectivity index (χ1n) is 15.8. The van der Waals surface area contributed by atoms with E-state index in [1.807, 2.05) is 48.5 Å². The number of ether oxygens (including phenoxy) is 2. The largest absolute Gasteiger partial charge is 0.494 e. The molecule has 0 aliphatic carbocycles. The predicted molar refractivity (Wildman–Crippen MR) is 175 cm³/mol. The van der Waals surface area contributed by atoms with Gasteiger partial charge in [0, 0.05) is 43.4 Å². The summed E-state index contributed by atoms with van der Waals surface area (Å²) in [6.07, 6.45) is 2.15. The number of fused-ring (bicyclic) bond motifs is 2. The van der Waals surface area contributed by atoms with Crippen molar-refractivity contribution in [1.29, 1.82) is 0 Å². The fraction of sp³-hybridized carbons (Fsp3) is 0.371. The Balaban J connectivity index is 1.03. The normalized spacial score (nSPS) is 17.6. The molecule has 2 aliphatic rings. The molecule has 3 amide bonds. The Bertz CT molecular complexity index is 1710. The third-order valence-corrected chi connectivity index (χ3v) is 8.62. The molecule has 3 heterocycles. The average molecular weight is 626 g/mol. The van der Waals surface area contributed by atoms with Crippen LogP contribution in [0.25, 0.3) is 21.7 Å². The van der Waals surface area contributed by atoms with Crippen molar-refractivity contribution in [3.05, 3.63) is 78.5 Å². The lowest BCUT2D eigenvalue weighted by Crippen LogP contribution is -2.50. The van der Waals surface area contributed by atoms with E-state index >= 15 is 0 Å². The minimum atomic E-state index is -1.41. The van der Waals surface area contributed by atoms with E-state index in [-0.39, 0.29) is 12.5 Å². The summed E-state index contributed by atoms with van der Waals surface area (Å²) in [6.45, 7) is 5.00. The van der Waals surface area contributed by atoms with Crippen molar-refractivity contribution >= 4 is 45.1 Å². The number of hydrogen-bond acceptors (Lipinski definition) is 8. The van der Waals surface area contributed by atoms with Crippen molar-refractivity contribution in [2.45, 2.75) is 31.4 Å². The zero-order valence-corrected chi connectivity index (χ0v) is 25.7. The molecule has 2 aliphatic heterocycles. The number of amides is 3. The molecule has 3 N–H and O–H groups in total. The van der Waals surface area contributed by atoms with Gasteiger partial charge < -0.3 is 30.1 Å². The summed E-state index contributed by atoms with van der Waals surface area (Å²) in [4.78, 5) is 47.7. The summed E-state index contributed by atoms with van der Waals surface area (Å²) in [5.74, 6) is -0.721. The van der Waals surface area contributed by atoms with E-state index in [2.05, 4.69) is 20.5 Å². The number of rotatable bonds is 11. The van der Waals surface area contributed by atoms with E-state index < -0.39 is 24.0 Å². The third-order valence-electron chi connectivity index (χ3n) is 8.62. The summed E-state index contributed by atoms with van der Waals surface area (Å²) in [5, 5.41) is 19.1. The van der Waals surface area contributed by atoms with Crippen LogP contribution in [0.1, 0.15) is 29.6 Å². The Morgan fingerprint density at radius 1 is 1.00 bits per heavy atom. The lowest BCUT2D eigenvalue weighted by molar-refractivity contribution is -0.136. The quantitative estimate of drug-likeness (QED) is 0.217. The number of likely N-dealkylation sites (tertiary alicyclic amines) is 1. The molecule has 2 unspecified atom stereocenters. The summed E-state index contributed by atoms with van der Waals surface area (Å²) < 4.78 is 11.4. The van der Waals surface area contributed by atoms with Crippen LogP contribution in [0, 0.1) is 0 Å². The SMILES string of the molecule is O=C(NCC(=O)N1CCCC1C(O)C(=O)Nc1ccc2ccccc2c1)c1ccnc2ccc(OCCCN3CCOCC3)cc12. The van der Waals surface area contributed by atoms with E-state index in [1.54, 1.807) is 24.4 Å². The summed E-state index contributed by atoms with van der Waals surface area (Å²) >= 11 is 0. The van der Waals surface area contributed by atoms with Gasteiger partial charge in [0.05, 0.1) is 43.5 Å². The van der Waals surface area contributed by atoms with Crippen molar-refractivity contribution < 1.29 is 29.0 Å². The topological polar surface area (TPSA) is 133 Å². The van der Waals surface area contributed by atoms with Crippen LogP contribution in [-0.4, -0.2) is 102 Å². The molecule has 11 heteroatoms. The number of anilines is 1. The molecule has 3 aromatic carbocycles. The van der Waals surface area contributed by atoms with Crippen LogP contribution in [0.15, 0.2) is 72.9 Å². The standard InChI is InChI=1S/C35H39N5O6/c41-32(40-15-3-7-31(40)33(42)35(44)38-26-9-8-24-5-1-2-6-25(24)21-26)23-37-34(43)28-12-13-36-30-11-10-27(22-29(28)30)46-18-4-14-39-16-19-45-20-17-39/h1-2,5-6,8-13,21-22,31,33,42H,3-4,7,14-20,23H2,(H,37,43)(H,38,44). The van der Waals surface area contributed by atoms with Crippen LogP contribution in [0.2, 0.25) is 0 Å². The van der Waals surface area contributed by atoms with E-state index in [9.17, 15) is 19.5 Å². The Kier molecular flexibility index (Phi) is 10.0. The van der Waals surface area contributed by atoms with E-state index in [4.69, 9.17) is 9.47 Å². The van der Waals surface area contributed by atoms with Gasteiger partial charge in [0.25, 0.3) is 11.8 Å². The molecule has 0 radical (unpaired) electrons. The molecule has 0 spiro atoms. The first-order chi connectivity index (χ1) is 22.5. The molecule has 0 bridgehead atoms. The Hall–Kier alpha value is -4.58. The van der Waals surface area contributed by atoms with Crippen molar-refractivity contribution in [3.8, 4) is 5.75 Å². The van der Waals surface area contributed by atoms with Gasteiger partial charge in [-0.3, -0.25) is 24.3 Å². The highest BCUT2D eigenvalue weighted by molar-refractivity contribution is 6.07. The fourth-order valence-corrected chi connectivity index (χ4v) is 6.16. The molecule has 11 nitrogen and oxygen atoms in total. The number of aliphatic hydroxyl groups excluding tert-OH is 1. The van der Waals surface area contributed by atoms with Gasteiger partial charge >= 0.3 is 0 Å². The zero-order chi connectivity index (χ0) is 31.9. The van der Waals surface area contributed by atoms with Gasteiger partial charge in [-0.25, -0.2) is 0 Å². The van der Waals surface area contributed by atoms with E-state index in [0.29, 0.717) is 53.9 Å². The van der Waals surface area contributed by atoms with Crippen molar-refractivity contribution in [3.63, 3.8) is 0 Å². The highest BCUT2D eigenvalue weighted by Crippen LogP contribution is 2.25. The molecule has 2 fully saturated rings. The molecule has 2 atom stereocenters. The summed E-state index contributed by atoms with van der Waals surface area (Å²) in [5.41, 5.74) is 1.58. The number of hydrogen-bond donors (Lipinski definition) is 3. The van der Waals surface area contributed by atoms with Crippen LogP contribution in [0.3, 0.4) is 0 Å². The van der Waals surface area contributed by atoms with Crippen LogP contribution < -0.4 is 15.4 Å².